The van der Waals surface area contributed by atoms with Crippen molar-refractivity contribution in [1.82, 2.24) is 10.2 Å². The lowest BCUT2D eigenvalue weighted by molar-refractivity contribution is -0.862. The molecule has 1 aromatic rings. The number of rotatable bonds is 8. The Bertz CT molecular complexity index is 626. The Hall–Kier alpha value is -2.41. The standard InChI is InChI=1S/C18H26N4O3/c1-13-4-6-14(7-5-13)20-17(24)11-22(3)18(25)12-21(2)10-16(23)19-15-8-9-15/h4-7,15H,8-12H2,1-3H3,(H,19,23)(H,20,24)/p+1. The molecule has 3 amide bonds. The fourth-order valence-corrected chi connectivity index (χ4v) is 2.38. The number of amides is 3. The summed E-state index contributed by atoms with van der Waals surface area (Å²) >= 11 is 0. The van der Waals surface area contributed by atoms with E-state index in [0.717, 1.165) is 23.3 Å². The van der Waals surface area contributed by atoms with Gasteiger partial charge in [0.1, 0.15) is 0 Å². The van der Waals surface area contributed by atoms with Gasteiger partial charge < -0.3 is 20.4 Å². The van der Waals surface area contributed by atoms with Crippen LogP contribution in [0.15, 0.2) is 24.3 Å². The number of hydrogen-bond acceptors (Lipinski definition) is 3. The van der Waals surface area contributed by atoms with E-state index in [1.54, 1.807) is 14.1 Å². The maximum Gasteiger partial charge on any atom is 0.277 e. The molecule has 1 atom stereocenters. The Labute approximate surface area is 148 Å². The molecule has 1 aliphatic rings. The number of hydrogen-bond donors (Lipinski definition) is 3. The Balaban J connectivity index is 1.71. The van der Waals surface area contributed by atoms with Crippen LogP contribution in [0.25, 0.3) is 0 Å². The molecule has 1 aromatic carbocycles. The molecule has 0 radical (unpaired) electrons. The predicted molar refractivity (Wildman–Crippen MR) is 95.2 cm³/mol. The van der Waals surface area contributed by atoms with Gasteiger partial charge in [0.15, 0.2) is 13.1 Å². The molecule has 1 fully saturated rings. The van der Waals surface area contributed by atoms with Crippen molar-refractivity contribution in [2.24, 2.45) is 0 Å². The highest BCUT2D eigenvalue weighted by Gasteiger charge is 2.25. The fourth-order valence-electron chi connectivity index (χ4n) is 2.38. The van der Waals surface area contributed by atoms with Crippen LogP contribution in [0.3, 0.4) is 0 Å². The first-order valence-corrected chi connectivity index (χ1v) is 8.54. The van der Waals surface area contributed by atoms with E-state index < -0.39 is 0 Å². The van der Waals surface area contributed by atoms with Gasteiger partial charge in [0.05, 0.1) is 13.6 Å². The average molecular weight is 347 g/mol. The topological polar surface area (TPSA) is 83.0 Å². The van der Waals surface area contributed by atoms with Gasteiger partial charge in [-0.15, -0.1) is 0 Å². The van der Waals surface area contributed by atoms with Crippen molar-refractivity contribution in [2.75, 3.05) is 39.0 Å². The highest BCUT2D eigenvalue weighted by Crippen LogP contribution is 2.17. The molecule has 1 saturated carbocycles. The quantitative estimate of drug-likeness (QED) is 0.575. The first-order chi connectivity index (χ1) is 11.8. The second-order valence-electron chi connectivity index (χ2n) is 6.82. The maximum atomic E-state index is 12.2. The number of nitrogens with zero attached hydrogens (tertiary/aromatic N) is 1. The molecule has 0 spiro atoms. The summed E-state index contributed by atoms with van der Waals surface area (Å²) in [5, 5.41) is 5.67. The summed E-state index contributed by atoms with van der Waals surface area (Å²) in [6.45, 7) is 2.38. The van der Waals surface area contributed by atoms with E-state index in [2.05, 4.69) is 10.6 Å². The molecule has 1 unspecified atom stereocenters. The minimum Gasteiger partial charge on any atom is -0.348 e. The molecule has 2 rings (SSSR count). The highest BCUT2D eigenvalue weighted by molar-refractivity contribution is 5.94. The van der Waals surface area contributed by atoms with Gasteiger partial charge in [0.25, 0.3) is 11.8 Å². The molecule has 136 valence electrons. The highest BCUT2D eigenvalue weighted by atomic mass is 16.2. The third kappa shape index (κ3) is 6.93. The summed E-state index contributed by atoms with van der Waals surface area (Å²) in [6.07, 6.45) is 2.09. The molecular weight excluding hydrogens is 320 g/mol. The number of carbonyl (C=O) groups is 3. The molecule has 0 aliphatic heterocycles. The van der Waals surface area contributed by atoms with E-state index in [9.17, 15) is 14.4 Å². The van der Waals surface area contributed by atoms with E-state index in [1.807, 2.05) is 31.2 Å². The minimum atomic E-state index is -0.246. The lowest BCUT2D eigenvalue weighted by Gasteiger charge is -2.19. The fraction of sp³-hybridized carbons (Fsp3) is 0.500. The zero-order chi connectivity index (χ0) is 18.4. The third-order valence-electron chi connectivity index (χ3n) is 4.00. The second-order valence-corrected chi connectivity index (χ2v) is 6.82. The first-order valence-electron chi connectivity index (χ1n) is 8.54. The van der Waals surface area contributed by atoms with Crippen LogP contribution in [0, 0.1) is 6.92 Å². The molecule has 7 heteroatoms. The van der Waals surface area contributed by atoms with Crippen LogP contribution in [-0.4, -0.2) is 62.4 Å². The van der Waals surface area contributed by atoms with Gasteiger partial charge in [0, 0.05) is 18.8 Å². The van der Waals surface area contributed by atoms with Crippen molar-refractivity contribution in [3.05, 3.63) is 29.8 Å². The first kappa shape index (κ1) is 18.9. The Morgan fingerprint density at radius 3 is 2.36 bits per heavy atom. The van der Waals surface area contributed by atoms with Crippen LogP contribution in [0.2, 0.25) is 0 Å². The number of likely N-dealkylation sites (N-methyl/N-ethyl adjacent to an activating group) is 2. The monoisotopic (exact) mass is 347 g/mol. The number of anilines is 1. The smallest absolute Gasteiger partial charge is 0.277 e. The SMILES string of the molecule is Cc1ccc(NC(=O)CN(C)C(=O)C[NH+](C)CC(=O)NC2CC2)cc1. The van der Waals surface area contributed by atoms with Gasteiger partial charge in [-0.2, -0.15) is 0 Å². The van der Waals surface area contributed by atoms with Crippen molar-refractivity contribution in [3.8, 4) is 0 Å². The molecule has 7 nitrogen and oxygen atoms in total. The van der Waals surface area contributed by atoms with Gasteiger partial charge in [-0.05, 0) is 31.9 Å². The van der Waals surface area contributed by atoms with Gasteiger partial charge in [-0.1, -0.05) is 17.7 Å². The number of nitrogens with one attached hydrogen (secondary N) is 3. The Morgan fingerprint density at radius 2 is 1.76 bits per heavy atom. The summed E-state index contributed by atoms with van der Waals surface area (Å²) in [7, 11) is 3.39. The molecule has 3 N–H and O–H groups in total. The molecule has 0 saturated heterocycles. The van der Waals surface area contributed by atoms with E-state index in [0.29, 0.717) is 11.7 Å². The van der Waals surface area contributed by atoms with E-state index in [-0.39, 0.29) is 37.4 Å². The van der Waals surface area contributed by atoms with Gasteiger partial charge in [-0.25, -0.2) is 0 Å². The number of quaternary nitrogens is 1. The van der Waals surface area contributed by atoms with Crippen LogP contribution < -0.4 is 15.5 Å². The van der Waals surface area contributed by atoms with Crippen molar-refractivity contribution in [1.29, 1.82) is 0 Å². The average Bonchev–Trinajstić information content (AvgIpc) is 3.32. The minimum absolute atomic E-state index is 0.0196. The zero-order valence-electron chi connectivity index (χ0n) is 15.1. The zero-order valence-corrected chi connectivity index (χ0v) is 15.1. The molecule has 0 aromatic heterocycles. The van der Waals surface area contributed by atoms with Crippen molar-refractivity contribution >= 4 is 23.4 Å². The Kier molecular flexibility index (Phi) is 6.52. The second kappa shape index (κ2) is 8.62. The molecule has 25 heavy (non-hydrogen) atoms. The van der Waals surface area contributed by atoms with E-state index in [1.165, 1.54) is 4.90 Å². The summed E-state index contributed by atoms with van der Waals surface area (Å²) in [5.41, 5.74) is 1.82. The largest absolute Gasteiger partial charge is 0.348 e. The van der Waals surface area contributed by atoms with E-state index >= 15 is 0 Å². The van der Waals surface area contributed by atoms with Gasteiger partial charge >= 0.3 is 0 Å². The van der Waals surface area contributed by atoms with Crippen molar-refractivity contribution in [2.45, 2.75) is 25.8 Å². The van der Waals surface area contributed by atoms with Crippen molar-refractivity contribution in [3.63, 3.8) is 0 Å². The third-order valence-corrected chi connectivity index (χ3v) is 4.00. The van der Waals surface area contributed by atoms with Crippen LogP contribution in [0.4, 0.5) is 5.69 Å². The maximum absolute atomic E-state index is 12.2. The summed E-state index contributed by atoms with van der Waals surface area (Å²) < 4.78 is 0. The number of carbonyl (C=O) groups excluding carboxylic acids is 3. The number of aryl methyl sites for hydroxylation is 1. The van der Waals surface area contributed by atoms with Crippen molar-refractivity contribution < 1.29 is 19.3 Å². The number of benzene rings is 1. The molecule has 1 aliphatic carbocycles. The summed E-state index contributed by atoms with van der Waals surface area (Å²) in [4.78, 5) is 38.1. The molecule has 0 bridgehead atoms. The molecular formula is C18H27N4O3+. The van der Waals surface area contributed by atoms with Crippen LogP contribution in [0.5, 0.6) is 0 Å². The Morgan fingerprint density at radius 1 is 1.12 bits per heavy atom. The van der Waals surface area contributed by atoms with Crippen LogP contribution >= 0.6 is 0 Å². The van der Waals surface area contributed by atoms with Crippen LogP contribution in [-0.2, 0) is 14.4 Å². The predicted octanol–water partition coefficient (Wildman–Crippen LogP) is -0.815. The summed E-state index contributed by atoms with van der Waals surface area (Å²) in [6, 6.07) is 7.80. The van der Waals surface area contributed by atoms with Crippen LogP contribution in [0.1, 0.15) is 18.4 Å². The summed E-state index contributed by atoms with van der Waals surface area (Å²) in [5.74, 6) is -0.452. The molecule has 0 heterocycles. The van der Waals surface area contributed by atoms with Gasteiger partial charge in [-0.3, -0.25) is 14.4 Å². The lowest BCUT2D eigenvalue weighted by atomic mass is 10.2. The lowest BCUT2D eigenvalue weighted by Crippen LogP contribution is -3.11. The normalized spacial score (nSPS) is 14.5. The van der Waals surface area contributed by atoms with E-state index in [4.69, 9.17) is 0 Å². The van der Waals surface area contributed by atoms with Gasteiger partial charge in [0.2, 0.25) is 5.91 Å².